The number of aromatic nitrogens is 6. The van der Waals surface area contributed by atoms with Crippen molar-refractivity contribution in [1.29, 1.82) is 0 Å². The Balaban J connectivity index is 0.000000937. The van der Waals surface area contributed by atoms with Crippen molar-refractivity contribution in [2.75, 3.05) is 0 Å². The summed E-state index contributed by atoms with van der Waals surface area (Å²) >= 11 is 0.00694. The second-order valence-electron chi connectivity index (χ2n) is 8.56. The Morgan fingerprint density at radius 1 is 0.500 bits per heavy atom. The molecule has 0 spiro atoms. The second kappa shape index (κ2) is 11.8. The Kier molecular flexibility index (Phi) is 8.11. The van der Waals surface area contributed by atoms with Crippen molar-refractivity contribution in [3.63, 3.8) is 0 Å². The molecule has 0 saturated heterocycles. The Hall–Kier alpha value is -3.61. The summed E-state index contributed by atoms with van der Waals surface area (Å²) in [4.78, 5) is 0. The summed E-state index contributed by atoms with van der Waals surface area (Å²) in [5.41, 5.74) is 5.85. The van der Waals surface area contributed by atoms with Crippen LogP contribution < -0.4 is 0 Å². The van der Waals surface area contributed by atoms with Crippen LogP contribution in [-0.2, 0) is 18.9 Å². The number of rotatable bonds is 6. The summed E-state index contributed by atoms with van der Waals surface area (Å²) in [6.07, 6.45) is 5.95. The van der Waals surface area contributed by atoms with Gasteiger partial charge in [0, 0.05) is 42.2 Å². The van der Waals surface area contributed by atoms with Gasteiger partial charge in [0.25, 0.3) is 0 Å². The van der Waals surface area contributed by atoms with E-state index in [1.807, 2.05) is 105 Å². The van der Waals surface area contributed by atoms with Crippen molar-refractivity contribution in [2.45, 2.75) is 12.7 Å². The molecule has 0 aliphatic rings. The van der Waals surface area contributed by atoms with Crippen molar-refractivity contribution in [2.24, 2.45) is 0 Å². The van der Waals surface area contributed by atoms with E-state index in [1.165, 1.54) is 0 Å². The van der Waals surface area contributed by atoms with E-state index in [2.05, 4.69) is 43.3 Å². The van der Waals surface area contributed by atoms with Crippen LogP contribution in [0.15, 0.2) is 128 Å². The fourth-order valence-corrected chi connectivity index (χ4v) is 4.28. The van der Waals surface area contributed by atoms with Crippen LogP contribution >= 0.6 is 20.2 Å². The topological polar surface area (TPSA) is 53.5 Å². The minimum atomic E-state index is -0.854. The molecule has 0 amide bonds. The second-order valence-corrected chi connectivity index (χ2v) is 10.5. The zero-order valence-electron chi connectivity index (χ0n) is 20.4. The van der Waals surface area contributed by atoms with Crippen molar-refractivity contribution in [3.8, 4) is 33.8 Å². The van der Waals surface area contributed by atoms with E-state index < -0.39 is 5.79 Å². The van der Waals surface area contributed by atoms with E-state index in [0.717, 1.165) is 33.8 Å². The maximum absolute atomic E-state index is 4.96. The molecule has 6 nitrogen and oxygen atoms in total. The number of nitrogens with zero attached hydrogens (tertiary/aromatic N) is 6. The van der Waals surface area contributed by atoms with Gasteiger partial charge in [0.2, 0.25) is 5.79 Å². The monoisotopic (exact) mass is 581 g/mol. The van der Waals surface area contributed by atoms with Gasteiger partial charge in [-0.1, -0.05) is 91.0 Å². The predicted octanol–water partition coefficient (Wildman–Crippen LogP) is 7.38. The Morgan fingerprint density at radius 3 is 1.03 bits per heavy atom. The van der Waals surface area contributed by atoms with Gasteiger partial charge in [-0.3, -0.25) is 0 Å². The summed E-state index contributed by atoms with van der Waals surface area (Å²) in [5.74, 6) is -0.854. The summed E-state index contributed by atoms with van der Waals surface area (Å²) < 4.78 is 5.75. The first-order valence-corrected chi connectivity index (χ1v) is 15.1. The van der Waals surface area contributed by atoms with Crippen LogP contribution in [0.25, 0.3) is 33.8 Å². The van der Waals surface area contributed by atoms with Crippen molar-refractivity contribution in [3.05, 3.63) is 128 Å². The fraction of sp³-hybridized carbons (Fsp3) is 0.0690. The van der Waals surface area contributed by atoms with Gasteiger partial charge in [0.05, 0.1) is 17.1 Å². The quantitative estimate of drug-likeness (QED) is 0.193. The van der Waals surface area contributed by atoms with Gasteiger partial charge >= 0.3 is 33.3 Å². The first-order valence-electron chi connectivity index (χ1n) is 11.9. The summed E-state index contributed by atoms with van der Waals surface area (Å²) in [5, 5.41) is 14.9. The van der Waals surface area contributed by atoms with Crippen LogP contribution in [0.4, 0.5) is 0 Å². The number of hydrogen-bond acceptors (Lipinski definition) is 3. The van der Waals surface area contributed by atoms with E-state index in [9.17, 15) is 0 Å². The molecule has 0 aliphatic heterocycles. The molecule has 9 heteroatoms. The van der Waals surface area contributed by atoms with Crippen molar-refractivity contribution >= 4 is 20.2 Å². The van der Waals surface area contributed by atoms with Gasteiger partial charge in [-0.15, -0.1) is 0 Å². The molecule has 0 fully saturated rings. The third-order valence-corrected chi connectivity index (χ3v) is 6.28. The average molecular weight is 582 g/mol. The predicted molar refractivity (Wildman–Crippen MR) is 149 cm³/mol. The fourth-order valence-electron chi connectivity index (χ4n) is 4.28. The normalized spacial score (nSPS) is 11.1. The molecule has 3 heterocycles. The van der Waals surface area contributed by atoms with Crippen LogP contribution in [0.5, 0.6) is 0 Å². The molecule has 0 atom stereocenters. The summed E-state index contributed by atoms with van der Waals surface area (Å²) in [7, 11) is 9.59. The maximum atomic E-state index is 4.96. The third kappa shape index (κ3) is 5.33. The molecule has 6 aromatic rings. The van der Waals surface area contributed by atoms with E-state index in [-0.39, 0.29) is 13.1 Å². The average Bonchev–Trinajstić information content (AvgIpc) is 3.76. The van der Waals surface area contributed by atoms with E-state index in [4.69, 9.17) is 35.5 Å². The molecule has 191 valence electrons. The van der Waals surface area contributed by atoms with Gasteiger partial charge < -0.3 is 0 Å². The van der Waals surface area contributed by atoms with E-state index in [1.54, 1.807) is 0 Å². The van der Waals surface area contributed by atoms with Crippen LogP contribution in [0, 0.1) is 0 Å². The minimum absolute atomic E-state index is 0.00694. The first-order chi connectivity index (χ1) is 18.6. The molecule has 38 heavy (non-hydrogen) atoms. The van der Waals surface area contributed by atoms with Crippen molar-refractivity contribution < 1.29 is 13.1 Å². The Labute approximate surface area is 236 Å². The summed E-state index contributed by atoms with van der Waals surface area (Å²) in [6.45, 7) is 2.07. The van der Waals surface area contributed by atoms with Gasteiger partial charge in [-0.05, 0) is 18.2 Å². The zero-order valence-corrected chi connectivity index (χ0v) is 23.1. The third-order valence-electron chi connectivity index (χ3n) is 6.28. The number of halogens is 2. The first kappa shape index (κ1) is 26.0. The standard InChI is InChI=1S/C29H24N6.2ClH.Mn/c1-29(33-20-17-26(30-33)23-11-5-2-6-12-23,34-21-18-27(31-34)24-13-7-3-8-14-24)35-22-19-28(32-35)25-15-9-4-10-16-25;;;/h2-22H,1H3;2*1H;/q;;;+2/p-2. The van der Waals surface area contributed by atoms with Crippen LogP contribution in [0.2, 0.25) is 0 Å². The Morgan fingerprint density at radius 2 is 0.763 bits per heavy atom. The molecule has 0 N–H and O–H groups in total. The SMILES string of the molecule is CC(n1ccc(-c2ccccc2)n1)(n1ccc(-c2ccccc2)n1)n1ccc(-c2ccccc2)n1.[Cl][Mn][Cl]. The van der Waals surface area contributed by atoms with Crippen LogP contribution in [0.3, 0.4) is 0 Å². The zero-order chi connectivity index (χ0) is 26.4. The molecule has 0 saturated carbocycles. The molecular formula is C29H24Cl2MnN6. The summed E-state index contributed by atoms with van der Waals surface area (Å²) in [6, 6.07) is 36.6. The Bertz CT molecular complexity index is 1390. The van der Waals surface area contributed by atoms with Crippen molar-refractivity contribution in [1.82, 2.24) is 29.3 Å². The van der Waals surface area contributed by atoms with Gasteiger partial charge in [0.1, 0.15) is 0 Å². The number of benzene rings is 3. The van der Waals surface area contributed by atoms with Crippen LogP contribution in [-0.4, -0.2) is 29.3 Å². The van der Waals surface area contributed by atoms with Gasteiger partial charge in [-0.2, -0.15) is 15.3 Å². The molecule has 0 radical (unpaired) electrons. The van der Waals surface area contributed by atoms with Crippen LogP contribution in [0.1, 0.15) is 6.92 Å². The molecule has 3 aromatic carbocycles. The van der Waals surface area contributed by atoms with E-state index in [0.29, 0.717) is 0 Å². The van der Waals surface area contributed by atoms with Gasteiger partial charge in [0.15, 0.2) is 0 Å². The van der Waals surface area contributed by atoms with E-state index >= 15 is 0 Å². The molecule has 0 bridgehead atoms. The van der Waals surface area contributed by atoms with Gasteiger partial charge in [-0.25, -0.2) is 14.0 Å². The number of hydrogen-bond donors (Lipinski definition) is 0. The molecule has 3 aromatic heterocycles. The molecular weight excluding hydrogens is 558 g/mol. The molecule has 0 aliphatic carbocycles. The molecule has 0 unspecified atom stereocenters. The molecule has 6 rings (SSSR count).